The molecule has 0 amide bonds. The summed E-state index contributed by atoms with van der Waals surface area (Å²) in [5.41, 5.74) is 0. The van der Waals surface area contributed by atoms with E-state index < -0.39 is 0 Å². The molecule has 0 aromatic carbocycles. The lowest BCUT2D eigenvalue weighted by atomic mass is 10.2. The zero-order chi connectivity index (χ0) is 9.36. The van der Waals surface area contributed by atoms with Crippen molar-refractivity contribution < 1.29 is 4.74 Å². The molecular formula is C10H20N2O. The first-order valence-electron chi connectivity index (χ1n) is 5.19. The molecule has 0 aromatic rings. The fourth-order valence-electron chi connectivity index (χ4n) is 1.46. The molecule has 3 heteroatoms. The minimum absolute atomic E-state index is 0.890. The van der Waals surface area contributed by atoms with Gasteiger partial charge in [-0.25, -0.2) is 0 Å². The summed E-state index contributed by atoms with van der Waals surface area (Å²) in [7, 11) is 1.76. The van der Waals surface area contributed by atoms with Crippen LogP contribution in [-0.2, 0) is 4.74 Å². The Morgan fingerprint density at radius 3 is 3.00 bits per heavy atom. The molecule has 1 rings (SSSR count). The molecule has 0 aliphatic carbocycles. The van der Waals surface area contributed by atoms with Gasteiger partial charge in [-0.1, -0.05) is 0 Å². The predicted molar refractivity (Wildman–Crippen MR) is 55.3 cm³/mol. The van der Waals surface area contributed by atoms with E-state index >= 15 is 0 Å². The molecule has 1 heterocycles. The van der Waals surface area contributed by atoms with Gasteiger partial charge in [0.15, 0.2) is 0 Å². The van der Waals surface area contributed by atoms with Crippen molar-refractivity contribution in [3.05, 3.63) is 0 Å². The van der Waals surface area contributed by atoms with Crippen molar-refractivity contribution in [3.63, 3.8) is 0 Å². The Hall–Kier alpha value is -0.570. The van der Waals surface area contributed by atoms with Gasteiger partial charge in [0, 0.05) is 33.2 Å². The van der Waals surface area contributed by atoms with Crippen LogP contribution in [0.4, 0.5) is 0 Å². The summed E-state index contributed by atoms with van der Waals surface area (Å²) in [6.07, 6.45) is 6.02. The molecule has 0 unspecified atom stereocenters. The molecule has 0 saturated carbocycles. The van der Waals surface area contributed by atoms with Gasteiger partial charge in [0.25, 0.3) is 0 Å². The highest BCUT2D eigenvalue weighted by Gasteiger charge is 2.03. The van der Waals surface area contributed by atoms with Crippen LogP contribution < -0.4 is 5.32 Å². The molecule has 0 atom stereocenters. The molecule has 0 spiro atoms. The minimum Gasteiger partial charge on any atom is -0.385 e. The van der Waals surface area contributed by atoms with Crippen LogP contribution in [0.1, 0.15) is 32.1 Å². The van der Waals surface area contributed by atoms with Gasteiger partial charge in [0.1, 0.15) is 0 Å². The number of rotatable bonds is 6. The lowest BCUT2D eigenvalue weighted by molar-refractivity contribution is 0.192. The highest BCUT2D eigenvalue weighted by Crippen LogP contribution is 2.01. The molecule has 0 aromatic heterocycles. The van der Waals surface area contributed by atoms with Gasteiger partial charge in [0.05, 0.1) is 5.84 Å². The number of unbranched alkanes of at least 4 members (excludes halogenated alkanes) is 2. The Kier molecular flexibility index (Phi) is 5.57. The van der Waals surface area contributed by atoms with E-state index in [1.807, 2.05) is 0 Å². The zero-order valence-electron chi connectivity index (χ0n) is 8.51. The van der Waals surface area contributed by atoms with Crippen LogP contribution in [0, 0.1) is 0 Å². The summed E-state index contributed by atoms with van der Waals surface area (Å²) in [5.74, 6) is 1.21. The SMILES string of the molecule is COCCCCCNC1=NCCC1. The van der Waals surface area contributed by atoms with Crippen LogP contribution in [0.3, 0.4) is 0 Å². The maximum atomic E-state index is 4.98. The smallest absolute Gasteiger partial charge is 0.0963 e. The number of ether oxygens (including phenoxy) is 1. The number of nitrogens with one attached hydrogen (secondary N) is 1. The van der Waals surface area contributed by atoms with Crippen LogP contribution in [0.25, 0.3) is 0 Å². The predicted octanol–water partition coefficient (Wildman–Crippen LogP) is 1.58. The van der Waals surface area contributed by atoms with E-state index in [2.05, 4.69) is 10.3 Å². The monoisotopic (exact) mass is 184 g/mol. The Labute approximate surface area is 80.6 Å². The fourth-order valence-corrected chi connectivity index (χ4v) is 1.46. The maximum absolute atomic E-state index is 4.98. The van der Waals surface area contributed by atoms with Crippen molar-refractivity contribution >= 4 is 5.84 Å². The molecule has 0 saturated heterocycles. The second kappa shape index (κ2) is 6.89. The number of hydrogen-bond acceptors (Lipinski definition) is 3. The van der Waals surface area contributed by atoms with Gasteiger partial charge in [-0.05, 0) is 25.7 Å². The van der Waals surface area contributed by atoms with E-state index in [0.29, 0.717) is 0 Å². The first kappa shape index (κ1) is 10.5. The Morgan fingerprint density at radius 1 is 1.38 bits per heavy atom. The average molecular weight is 184 g/mol. The average Bonchev–Trinajstić information content (AvgIpc) is 2.63. The van der Waals surface area contributed by atoms with Crippen LogP contribution in [-0.4, -0.2) is 32.6 Å². The van der Waals surface area contributed by atoms with Crippen molar-refractivity contribution in [2.45, 2.75) is 32.1 Å². The van der Waals surface area contributed by atoms with E-state index in [0.717, 1.165) is 26.1 Å². The van der Waals surface area contributed by atoms with Gasteiger partial charge in [-0.15, -0.1) is 0 Å². The summed E-state index contributed by atoms with van der Waals surface area (Å²) in [6, 6.07) is 0. The Balaban J connectivity index is 1.83. The normalized spacial score (nSPS) is 15.9. The Morgan fingerprint density at radius 2 is 2.31 bits per heavy atom. The quantitative estimate of drug-likeness (QED) is 0.636. The molecule has 1 N–H and O–H groups in total. The van der Waals surface area contributed by atoms with Gasteiger partial charge in [-0.3, -0.25) is 4.99 Å². The molecule has 1 aliphatic rings. The van der Waals surface area contributed by atoms with Crippen LogP contribution in [0.2, 0.25) is 0 Å². The summed E-state index contributed by atoms with van der Waals surface area (Å²) in [4.78, 5) is 4.35. The van der Waals surface area contributed by atoms with Gasteiger partial charge >= 0.3 is 0 Å². The van der Waals surface area contributed by atoms with Crippen molar-refractivity contribution in [3.8, 4) is 0 Å². The summed E-state index contributed by atoms with van der Waals surface area (Å²) >= 11 is 0. The van der Waals surface area contributed by atoms with Crippen molar-refractivity contribution in [1.82, 2.24) is 5.32 Å². The van der Waals surface area contributed by atoms with Crippen LogP contribution >= 0.6 is 0 Å². The molecule has 1 aliphatic heterocycles. The summed E-state index contributed by atoms with van der Waals surface area (Å²) < 4.78 is 4.98. The van der Waals surface area contributed by atoms with E-state index in [9.17, 15) is 0 Å². The van der Waals surface area contributed by atoms with Gasteiger partial charge < -0.3 is 10.1 Å². The molecule has 3 nitrogen and oxygen atoms in total. The number of hydrogen-bond donors (Lipinski definition) is 1. The van der Waals surface area contributed by atoms with Crippen molar-refractivity contribution in [2.24, 2.45) is 4.99 Å². The van der Waals surface area contributed by atoms with Crippen LogP contribution in [0.5, 0.6) is 0 Å². The van der Waals surface area contributed by atoms with Gasteiger partial charge in [0.2, 0.25) is 0 Å². The molecule has 0 fully saturated rings. The Bertz CT molecular complexity index is 157. The highest BCUT2D eigenvalue weighted by atomic mass is 16.5. The molecular weight excluding hydrogens is 164 g/mol. The minimum atomic E-state index is 0.890. The molecule has 0 bridgehead atoms. The van der Waals surface area contributed by atoms with Crippen LogP contribution in [0.15, 0.2) is 4.99 Å². The van der Waals surface area contributed by atoms with E-state index in [4.69, 9.17) is 4.74 Å². The largest absolute Gasteiger partial charge is 0.385 e. The second-order valence-corrected chi connectivity index (χ2v) is 3.41. The van der Waals surface area contributed by atoms with Gasteiger partial charge in [-0.2, -0.15) is 0 Å². The number of aliphatic imine (C=N–C) groups is 1. The first-order valence-corrected chi connectivity index (χ1v) is 5.19. The number of nitrogens with zero attached hydrogens (tertiary/aromatic N) is 1. The van der Waals surface area contributed by atoms with E-state index in [-0.39, 0.29) is 0 Å². The lowest BCUT2D eigenvalue weighted by Gasteiger charge is -2.04. The lowest BCUT2D eigenvalue weighted by Crippen LogP contribution is -2.22. The van der Waals surface area contributed by atoms with E-state index in [1.165, 1.54) is 31.5 Å². The summed E-state index contributed by atoms with van der Waals surface area (Å²) in [5, 5.41) is 3.37. The number of methoxy groups -OCH3 is 1. The van der Waals surface area contributed by atoms with E-state index in [1.54, 1.807) is 7.11 Å². The second-order valence-electron chi connectivity index (χ2n) is 3.41. The third-order valence-corrected chi connectivity index (χ3v) is 2.23. The first-order chi connectivity index (χ1) is 6.43. The fraction of sp³-hybridized carbons (Fsp3) is 0.900. The highest BCUT2D eigenvalue weighted by molar-refractivity contribution is 5.83. The maximum Gasteiger partial charge on any atom is 0.0963 e. The molecule has 13 heavy (non-hydrogen) atoms. The molecule has 0 radical (unpaired) electrons. The summed E-state index contributed by atoms with van der Waals surface area (Å²) in [6.45, 7) is 2.98. The third kappa shape index (κ3) is 4.88. The third-order valence-electron chi connectivity index (χ3n) is 2.23. The molecule has 76 valence electrons. The number of amidine groups is 1. The zero-order valence-corrected chi connectivity index (χ0v) is 8.51. The van der Waals surface area contributed by atoms with Crippen molar-refractivity contribution in [2.75, 3.05) is 26.8 Å². The standard InChI is InChI=1S/C10H20N2O/c1-13-9-4-2-3-7-11-10-6-5-8-12-10/h2-9H2,1H3,(H,11,12). The van der Waals surface area contributed by atoms with Crippen molar-refractivity contribution in [1.29, 1.82) is 0 Å². The topological polar surface area (TPSA) is 33.6 Å².